The van der Waals surface area contributed by atoms with E-state index in [4.69, 9.17) is 16.3 Å². The fourth-order valence-electron chi connectivity index (χ4n) is 4.98. The minimum absolute atomic E-state index is 0.0312. The first-order valence-electron chi connectivity index (χ1n) is 13.3. The van der Waals surface area contributed by atoms with Gasteiger partial charge in [0.15, 0.2) is 5.65 Å². The van der Waals surface area contributed by atoms with Crippen molar-refractivity contribution in [2.75, 3.05) is 5.32 Å². The van der Waals surface area contributed by atoms with Crippen LogP contribution in [0, 0.1) is 0 Å². The summed E-state index contributed by atoms with van der Waals surface area (Å²) in [5, 5.41) is 17.2. The standard InChI is InChI=1S/C29H32ClN5O5S/c1-29(2,3)40-28(37)33-20-11-9-19(10-12-20)32-26-14-18(13-25(30)34-26)24-17-35(27-23(24)15-21(36)16-31-27)41(38,39)22-7-5-4-6-8-22/h4-8,13-17,19-20,36H,9-12H2,1-3H3,(H,32,34)(H,33,37). The number of nitrogens with zero attached hydrogens (tertiary/aromatic N) is 3. The molecule has 3 heterocycles. The zero-order valence-corrected chi connectivity index (χ0v) is 24.5. The molecule has 0 saturated heterocycles. The van der Waals surface area contributed by atoms with Crippen LogP contribution in [0.5, 0.6) is 5.75 Å². The number of nitrogens with one attached hydrogen (secondary N) is 2. The summed E-state index contributed by atoms with van der Waals surface area (Å²) in [5.74, 6) is 0.444. The third-order valence-corrected chi connectivity index (χ3v) is 8.66. The van der Waals surface area contributed by atoms with Crippen LogP contribution >= 0.6 is 11.6 Å². The molecule has 216 valence electrons. The lowest BCUT2D eigenvalue weighted by molar-refractivity contribution is 0.0492. The number of anilines is 1. The van der Waals surface area contributed by atoms with Gasteiger partial charge < -0.3 is 20.5 Å². The molecule has 0 unspecified atom stereocenters. The number of hydrogen-bond donors (Lipinski definition) is 3. The fraction of sp³-hybridized carbons (Fsp3) is 0.345. The van der Waals surface area contributed by atoms with Crippen LogP contribution in [-0.4, -0.2) is 51.2 Å². The second-order valence-corrected chi connectivity index (χ2v) is 13.3. The van der Waals surface area contributed by atoms with Crippen molar-refractivity contribution in [1.82, 2.24) is 19.3 Å². The van der Waals surface area contributed by atoms with Crippen molar-refractivity contribution >= 4 is 44.6 Å². The Morgan fingerprint density at radius 2 is 1.76 bits per heavy atom. The van der Waals surface area contributed by atoms with Gasteiger partial charge in [0.1, 0.15) is 22.3 Å². The van der Waals surface area contributed by atoms with E-state index in [-0.39, 0.29) is 33.5 Å². The number of halogens is 1. The van der Waals surface area contributed by atoms with Crippen LogP contribution in [-0.2, 0) is 14.8 Å². The Labute approximate surface area is 243 Å². The third kappa shape index (κ3) is 6.57. The van der Waals surface area contributed by atoms with E-state index in [1.54, 1.807) is 30.3 Å². The molecule has 5 rings (SSSR count). The van der Waals surface area contributed by atoms with Crippen molar-refractivity contribution in [1.29, 1.82) is 0 Å². The van der Waals surface area contributed by atoms with E-state index in [2.05, 4.69) is 20.6 Å². The van der Waals surface area contributed by atoms with Crippen LogP contribution in [0.25, 0.3) is 22.2 Å². The Kier molecular flexibility index (Phi) is 7.85. The van der Waals surface area contributed by atoms with Crippen LogP contribution in [0.1, 0.15) is 46.5 Å². The van der Waals surface area contributed by atoms with E-state index in [9.17, 15) is 18.3 Å². The van der Waals surface area contributed by atoms with Crippen LogP contribution in [0.4, 0.5) is 10.6 Å². The maximum atomic E-state index is 13.5. The van der Waals surface area contributed by atoms with Crippen LogP contribution in [0.15, 0.2) is 65.8 Å². The van der Waals surface area contributed by atoms with Gasteiger partial charge in [-0.15, -0.1) is 0 Å². The Hall–Kier alpha value is -3.83. The Balaban J connectivity index is 1.39. The number of fused-ring (bicyclic) bond motifs is 1. The molecule has 0 atom stereocenters. The van der Waals surface area contributed by atoms with Gasteiger partial charge in [-0.1, -0.05) is 29.8 Å². The molecule has 1 fully saturated rings. The minimum Gasteiger partial charge on any atom is -0.506 e. The van der Waals surface area contributed by atoms with E-state index in [0.717, 1.165) is 29.7 Å². The molecule has 1 aliphatic rings. The molecule has 3 aromatic heterocycles. The normalized spacial score (nSPS) is 17.8. The van der Waals surface area contributed by atoms with Gasteiger partial charge in [0, 0.05) is 29.2 Å². The lowest BCUT2D eigenvalue weighted by Gasteiger charge is -2.30. The van der Waals surface area contributed by atoms with Gasteiger partial charge in [0.25, 0.3) is 10.0 Å². The first-order valence-corrected chi connectivity index (χ1v) is 15.2. The van der Waals surface area contributed by atoms with Crippen molar-refractivity contribution in [2.45, 2.75) is 69.0 Å². The molecular formula is C29H32ClN5O5S. The maximum absolute atomic E-state index is 13.5. The number of aromatic nitrogens is 3. The summed E-state index contributed by atoms with van der Waals surface area (Å²) in [6.07, 6.45) is 5.45. The van der Waals surface area contributed by atoms with Gasteiger partial charge >= 0.3 is 6.09 Å². The molecule has 1 saturated carbocycles. The van der Waals surface area contributed by atoms with Crippen molar-refractivity contribution in [2.24, 2.45) is 0 Å². The summed E-state index contributed by atoms with van der Waals surface area (Å²) in [6.45, 7) is 5.50. The van der Waals surface area contributed by atoms with E-state index in [1.165, 1.54) is 30.6 Å². The van der Waals surface area contributed by atoms with Gasteiger partial charge in [-0.3, -0.25) is 0 Å². The highest BCUT2D eigenvalue weighted by Gasteiger charge is 2.26. The summed E-state index contributed by atoms with van der Waals surface area (Å²) in [7, 11) is -3.96. The Bertz CT molecular complexity index is 1680. The SMILES string of the molecule is CC(C)(C)OC(=O)NC1CCC(Nc2cc(-c3cn(S(=O)(=O)c4ccccc4)c4ncc(O)cc34)cc(Cl)n2)CC1. The number of benzene rings is 1. The van der Waals surface area contributed by atoms with Gasteiger partial charge in [0.2, 0.25) is 0 Å². The summed E-state index contributed by atoms with van der Waals surface area (Å²) in [6, 6.07) is 13.2. The predicted octanol–water partition coefficient (Wildman–Crippen LogP) is 5.94. The van der Waals surface area contributed by atoms with Crippen LogP contribution in [0.2, 0.25) is 5.15 Å². The molecule has 3 N–H and O–H groups in total. The summed E-state index contributed by atoms with van der Waals surface area (Å²) in [5.41, 5.74) is 0.777. The number of hydrogen-bond acceptors (Lipinski definition) is 8. The number of ether oxygens (including phenoxy) is 1. The summed E-state index contributed by atoms with van der Waals surface area (Å²) >= 11 is 6.42. The number of rotatable bonds is 6. The van der Waals surface area contributed by atoms with Crippen LogP contribution < -0.4 is 10.6 Å². The van der Waals surface area contributed by atoms with Crippen molar-refractivity contribution in [3.8, 4) is 16.9 Å². The first-order chi connectivity index (χ1) is 19.4. The van der Waals surface area contributed by atoms with Gasteiger partial charge in [0.05, 0.1) is 11.1 Å². The topological polar surface area (TPSA) is 135 Å². The van der Waals surface area contributed by atoms with E-state index < -0.39 is 21.7 Å². The van der Waals surface area contributed by atoms with Gasteiger partial charge in [-0.25, -0.2) is 27.2 Å². The second kappa shape index (κ2) is 11.2. The molecule has 1 aliphatic carbocycles. The highest BCUT2D eigenvalue weighted by atomic mass is 35.5. The molecule has 0 radical (unpaired) electrons. The van der Waals surface area contributed by atoms with Crippen molar-refractivity contribution in [3.05, 3.63) is 66.1 Å². The van der Waals surface area contributed by atoms with Crippen molar-refractivity contribution < 1.29 is 23.1 Å². The lowest BCUT2D eigenvalue weighted by atomic mass is 9.91. The number of pyridine rings is 2. The van der Waals surface area contributed by atoms with Crippen LogP contribution in [0.3, 0.4) is 0 Å². The largest absolute Gasteiger partial charge is 0.506 e. The zero-order chi connectivity index (χ0) is 29.4. The first kappa shape index (κ1) is 28.7. The molecular weight excluding hydrogens is 566 g/mol. The Morgan fingerprint density at radius 1 is 1.07 bits per heavy atom. The van der Waals surface area contributed by atoms with E-state index in [1.807, 2.05) is 20.8 Å². The maximum Gasteiger partial charge on any atom is 0.407 e. The molecule has 0 bridgehead atoms. The highest BCUT2D eigenvalue weighted by Crippen LogP contribution is 2.36. The second-order valence-electron chi connectivity index (χ2n) is 11.1. The smallest absolute Gasteiger partial charge is 0.407 e. The average molecular weight is 598 g/mol. The highest BCUT2D eigenvalue weighted by molar-refractivity contribution is 7.90. The molecule has 1 aromatic carbocycles. The number of aromatic hydroxyl groups is 1. The van der Waals surface area contributed by atoms with Crippen molar-refractivity contribution in [3.63, 3.8) is 0 Å². The number of carbonyl (C=O) groups excluding carboxylic acids is 1. The number of amides is 1. The van der Waals surface area contributed by atoms with Gasteiger partial charge in [-0.2, -0.15) is 0 Å². The number of carbonyl (C=O) groups is 1. The van der Waals surface area contributed by atoms with E-state index in [0.29, 0.717) is 22.3 Å². The molecule has 10 nitrogen and oxygen atoms in total. The quantitative estimate of drug-likeness (QED) is 0.232. The Morgan fingerprint density at radius 3 is 2.44 bits per heavy atom. The number of alkyl carbamates (subject to hydrolysis) is 1. The monoisotopic (exact) mass is 597 g/mol. The lowest BCUT2D eigenvalue weighted by Crippen LogP contribution is -2.42. The molecule has 0 spiro atoms. The predicted molar refractivity (Wildman–Crippen MR) is 158 cm³/mol. The molecule has 4 aromatic rings. The zero-order valence-electron chi connectivity index (χ0n) is 23.0. The average Bonchev–Trinajstić information content (AvgIpc) is 3.28. The summed E-state index contributed by atoms with van der Waals surface area (Å²) < 4.78 is 33.5. The van der Waals surface area contributed by atoms with E-state index >= 15 is 0 Å². The third-order valence-electron chi connectivity index (χ3n) is 6.80. The molecule has 1 amide bonds. The molecule has 12 heteroatoms. The fourth-order valence-corrected chi connectivity index (χ4v) is 6.53. The summed E-state index contributed by atoms with van der Waals surface area (Å²) in [4.78, 5) is 20.9. The minimum atomic E-state index is -3.96. The molecule has 41 heavy (non-hydrogen) atoms. The van der Waals surface area contributed by atoms with Gasteiger partial charge in [-0.05, 0) is 82.3 Å². The molecule has 0 aliphatic heterocycles.